The Labute approximate surface area is 109 Å². The van der Waals surface area contributed by atoms with Crippen LogP contribution < -0.4 is 4.74 Å². The minimum absolute atomic E-state index is 0.137. The normalized spacial score (nSPS) is 12.9. The second kappa shape index (κ2) is 5.89. The second-order valence-corrected chi connectivity index (χ2v) is 5.51. The van der Waals surface area contributed by atoms with E-state index in [0.717, 1.165) is 5.75 Å². The topological polar surface area (TPSA) is 35.5 Å². The van der Waals surface area contributed by atoms with E-state index in [4.69, 9.17) is 4.74 Å². The second-order valence-electron chi connectivity index (χ2n) is 5.51. The standard InChI is InChI=1S/C15H22O3/c1-11(14(16)17-5)10-18-13-8-6-12(7-9-13)15(2,3)4/h6-9,11H,10H2,1-5H3. The van der Waals surface area contributed by atoms with E-state index >= 15 is 0 Å². The number of carbonyl (C=O) groups is 1. The van der Waals surface area contributed by atoms with Crippen LogP contribution in [0.15, 0.2) is 24.3 Å². The molecule has 3 nitrogen and oxygen atoms in total. The largest absolute Gasteiger partial charge is 0.493 e. The van der Waals surface area contributed by atoms with Crippen LogP contribution in [0.2, 0.25) is 0 Å². The van der Waals surface area contributed by atoms with Crippen LogP contribution in [0.25, 0.3) is 0 Å². The van der Waals surface area contributed by atoms with Crippen LogP contribution >= 0.6 is 0 Å². The number of hydrogen-bond donors (Lipinski definition) is 0. The Morgan fingerprint density at radius 1 is 1.22 bits per heavy atom. The third kappa shape index (κ3) is 4.06. The van der Waals surface area contributed by atoms with Crippen molar-refractivity contribution in [1.82, 2.24) is 0 Å². The molecule has 0 aliphatic heterocycles. The quantitative estimate of drug-likeness (QED) is 0.770. The van der Waals surface area contributed by atoms with Gasteiger partial charge in [-0.3, -0.25) is 4.79 Å². The Kier molecular flexibility index (Phi) is 4.76. The fraction of sp³-hybridized carbons (Fsp3) is 0.533. The number of rotatable bonds is 4. The Balaban J connectivity index is 2.57. The van der Waals surface area contributed by atoms with E-state index in [-0.39, 0.29) is 17.3 Å². The first-order valence-electron chi connectivity index (χ1n) is 6.15. The Morgan fingerprint density at radius 2 is 1.78 bits per heavy atom. The smallest absolute Gasteiger partial charge is 0.311 e. The Hall–Kier alpha value is -1.51. The molecule has 0 radical (unpaired) electrons. The number of ether oxygens (including phenoxy) is 2. The van der Waals surface area contributed by atoms with Gasteiger partial charge in [-0.2, -0.15) is 0 Å². The van der Waals surface area contributed by atoms with Crippen LogP contribution in [0.1, 0.15) is 33.3 Å². The maximum Gasteiger partial charge on any atom is 0.311 e. The van der Waals surface area contributed by atoms with E-state index in [1.165, 1.54) is 12.7 Å². The first-order chi connectivity index (χ1) is 8.34. The van der Waals surface area contributed by atoms with Gasteiger partial charge < -0.3 is 9.47 Å². The summed E-state index contributed by atoms with van der Waals surface area (Å²) in [7, 11) is 1.39. The molecule has 3 heteroatoms. The maximum absolute atomic E-state index is 11.2. The number of benzene rings is 1. The zero-order valence-corrected chi connectivity index (χ0v) is 11.8. The van der Waals surface area contributed by atoms with Crippen LogP contribution in [0, 0.1) is 5.92 Å². The summed E-state index contributed by atoms with van der Waals surface area (Å²) in [6, 6.07) is 7.98. The molecule has 1 atom stereocenters. The fourth-order valence-corrected chi connectivity index (χ4v) is 1.54. The molecule has 1 aromatic rings. The third-order valence-electron chi connectivity index (χ3n) is 2.82. The van der Waals surface area contributed by atoms with Gasteiger partial charge in [0.05, 0.1) is 13.0 Å². The van der Waals surface area contributed by atoms with Gasteiger partial charge >= 0.3 is 5.97 Å². The van der Waals surface area contributed by atoms with Crippen molar-refractivity contribution in [3.8, 4) is 5.75 Å². The summed E-state index contributed by atoms with van der Waals surface area (Å²) in [5.74, 6) is 0.275. The Morgan fingerprint density at radius 3 is 2.22 bits per heavy atom. The molecule has 0 spiro atoms. The average Bonchev–Trinajstić information content (AvgIpc) is 2.34. The van der Waals surface area contributed by atoms with Crippen LogP contribution in [0.4, 0.5) is 0 Å². The summed E-state index contributed by atoms with van der Waals surface area (Å²) in [4.78, 5) is 11.2. The van der Waals surface area contributed by atoms with E-state index in [1.54, 1.807) is 6.92 Å². The van der Waals surface area contributed by atoms with Gasteiger partial charge in [-0.05, 0) is 30.0 Å². The summed E-state index contributed by atoms with van der Waals surface area (Å²) in [6.07, 6.45) is 0. The number of hydrogen-bond acceptors (Lipinski definition) is 3. The molecule has 0 fully saturated rings. The SMILES string of the molecule is COC(=O)C(C)COc1ccc(C(C)(C)C)cc1. The van der Waals surface area contributed by atoms with E-state index in [9.17, 15) is 4.79 Å². The molecule has 0 aliphatic rings. The third-order valence-corrected chi connectivity index (χ3v) is 2.82. The van der Waals surface area contributed by atoms with Gasteiger partial charge in [0.25, 0.3) is 0 Å². The highest BCUT2D eigenvalue weighted by Crippen LogP contribution is 2.24. The molecule has 1 unspecified atom stereocenters. The number of carbonyl (C=O) groups excluding carboxylic acids is 1. The van der Waals surface area contributed by atoms with Crippen molar-refractivity contribution in [3.05, 3.63) is 29.8 Å². The molecule has 0 amide bonds. The van der Waals surface area contributed by atoms with Gasteiger partial charge in [0, 0.05) is 0 Å². The maximum atomic E-state index is 11.2. The summed E-state index contributed by atoms with van der Waals surface area (Å²) in [5, 5.41) is 0. The lowest BCUT2D eigenvalue weighted by Crippen LogP contribution is -2.20. The highest BCUT2D eigenvalue weighted by atomic mass is 16.5. The average molecular weight is 250 g/mol. The van der Waals surface area contributed by atoms with E-state index in [2.05, 4.69) is 37.6 Å². The summed E-state index contributed by atoms with van der Waals surface area (Å²) >= 11 is 0. The molecule has 18 heavy (non-hydrogen) atoms. The van der Waals surface area contributed by atoms with Crippen molar-refractivity contribution in [3.63, 3.8) is 0 Å². The molecule has 1 aromatic carbocycles. The highest BCUT2D eigenvalue weighted by molar-refractivity contribution is 5.71. The molecule has 0 heterocycles. The van der Waals surface area contributed by atoms with Crippen LogP contribution in [-0.4, -0.2) is 19.7 Å². The molecule has 0 aromatic heterocycles. The lowest BCUT2D eigenvalue weighted by molar-refractivity contribution is -0.145. The van der Waals surface area contributed by atoms with Crippen molar-refractivity contribution in [2.24, 2.45) is 5.92 Å². The lowest BCUT2D eigenvalue weighted by atomic mass is 9.87. The Bertz CT molecular complexity index is 387. The van der Waals surface area contributed by atoms with E-state index in [1.807, 2.05) is 12.1 Å². The predicted molar refractivity (Wildman–Crippen MR) is 71.8 cm³/mol. The summed E-state index contributed by atoms with van der Waals surface area (Å²) in [6.45, 7) is 8.63. The monoisotopic (exact) mass is 250 g/mol. The number of esters is 1. The van der Waals surface area contributed by atoms with Crippen molar-refractivity contribution >= 4 is 5.97 Å². The summed E-state index contributed by atoms with van der Waals surface area (Å²) < 4.78 is 10.2. The minimum atomic E-state index is -0.253. The van der Waals surface area contributed by atoms with Crippen molar-refractivity contribution in [1.29, 1.82) is 0 Å². The van der Waals surface area contributed by atoms with Crippen molar-refractivity contribution < 1.29 is 14.3 Å². The molecule has 0 saturated carbocycles. The van der Waals surface area contributed by atoms with Crippen molar-refractivity contribution in [2.45, 2.75) is 33.1 Å². The molecule has 0 bridgehead atoms. The molecule has 0 aliphatic carbocycles. The molecular formula is C15H22O3. The lowest BCUT2D eigenvalue weighted by Gasteiger charge is -2.19. The molecular weight excluding hydrogens is 228 g/mol. The van der Waals surface area contributed by atoms with Crippen LogP contribution in [0.5, 0.6) is 5.75 Å². The molecule has 100 valence electrons. The van der Waals surface area contributed by atoms with Crippen LogP contribution in [-0.2, 0) is 14.9 Å². The molecule has 0 N–H and O–H groups in total. The van der Waals surface area contributed by atoms with Crippen molar-refractivity contribution in [2.75, 3.05) is 13.7 Å². The van der Waals surface area contributed by atoms with Gasteiger partial charge in [-0.25, -0.2) is 0 Å². The zero-order valence-electron chi connectivity index (χ0n) is 11.8. The van der Waals surface area contributed by atoms with Gasteiger partial charge in [0.2, 0.25) is 0 Å². The number of methoxy groups -OCH3 is 1. The van der Waals surface area contributed by atoms with Gasteiger partial charge in [0.1, 0.15) is 12.4 Å². The van der Waals surface area contributed by atoms with Gasteiger partial charge in [-0.15, -0.1) is 0 Å². The molecule has 1 rings (SSSR count). The first kappa shape index (κ1) is 14.6. The van der Waals surface area contributed by atoms with E-state index < -0.39 is 0 Å². The first-order valence-corrected chi connectivity index (χ1v) is 6.15. The van der Waals surface area contributed by atoms with Gasteiger partial charge in [-0.1, -0.05) is 32.9 Å². The highest BCUT2D eigenvalue weighted by Gasteiger charge is 2.15. The summed E-state index contributed by atoms with van der Waals surface area (Å²) in [5.41, 5.74) is 1.40. The minimum Gasteiger partial charge on any atom is -0.493 e. The van der Waals surface area contributed by atoms with Crippen LogP contribution in [0.3, 0.4) is 0 Å². The van der Waals surface area contributed by atoms with E-state index in [0.29, 0.717) is 6.61 Å². The fourth-order valence-electron chi connectivity index (χ4n) is 1.54. The predicted octanol–water partition coefficient (Wildman–Crippen LogP) is 3.17. The molecule has 0 saturated heterocycles. The van der Waals surface area contributed by atoms with Gasteiger partial charge in [0.15, 0.2) is 0 Å². The zero-order chi connectivity index (χ0) is 13.8.